The second-order valence-electron chi connectivity index (χ2n) is 4.62. The molecule has 2 aromatic rings. The van der Waals surface area contributed by atoms with E-state index in [0.717, 1.165) is 0 Å². The van der Waals surface area contributed by atoms with Crippen molar-refractivity contribution in [2.45, 2.75) is 13.0 Å². The van der Waals surface area contributed by atoms with Gasteiger partial charge in [0.05, 0.1) is 23.8 Å². The number of carbonyl (C=O) groups is 1. The molecule has 7 nitrogen and oxygen atoms in total. The quantitative estimate of drug-likeness (QED) is 0.839. The molecule has 1 saturated heterocycles. The molecule has 1 atom stereocenters. The van der Waals surface area contributed by atoms with E-state index in [4.69, 9.17) is 20.9 Å². The number of aryl methyl sites for hydroxylation is 1. The van der Waals surface area contributed by atoms with Gasteiger partial charge in [-0.15, -0.1) is 0 Å². The third-order valence-electron chi connectivity index (χ3n) is 3.22. The van der Waals surface area contributed by atoms with Crippen LogP contribution in [0.25, 0.3) is 0 Å². The van der Waals surface area contributed by atoms with Crippen LogP contribution in [0, 0.1) is 6.92 Å². The zero-order chi connectivity index (χ0) is 14.8. The minimum atomic E-state index is -0.406. The third-order valence-corrected chi connectivity index (χ3v) is 3.52. The van der Waals surface area contributed by atoms with Crippen LogP contribution in [-0.4, -0.2) is 45.7 Å². The standard InChI is InChI=1S/C13H13ClN4O3/c1-8-16-12(21-17-8)11-7-20-5-4-18(11)13(19)9-2-3-15-6-10(9)14/h2-3,6,11H,4-5,7H2,1H3. The van der Waals surface area contributed by atoms with Gasteiger partial charge in [0.1, 0.15) is 6.04 Å². The van der Waals surface area contributed by atoms with E-state index in [1.165, 1.54) is 12.4 Å². The van der Waals surface area contributed by atoms with E-state index in [9.17, 15) is 4.79 Å². The summed E-state index contributed by atoms with van der Waals surface area (Å²) in [6, 6.07) is 1.19. The summed E-state index contributed by atoms with van der Waals surface area (Å²) < 4.78 is 10.6. The van der Waals surface area contributed by atoms with Gasteiger partial charge < -0.3 is 14.2 Å². The van der Waals surface area contributed by atoms with Crippen molar-refractivity contribution in [1.29, 1.82) is 0 Å². The zero-order valence-corrected chi connectivity index (χ0v) is 12.1. The molecule has 8 heteroatoms. The molecule has 1 aliphatic heterocycles. The zero-order valence-electron chi connectivity index (χ0n) is 11.3. The van der Waals surface area contributed by atoms with Crippen molar-refractivity contribution in [3.8, 4) is 0 Å². The number of pyridine rings is 1. The number of hydrogen-bond donors (Lipinski definition) is 0. The van der Waals surface area contributed by atoms with Crippen molar-refractivity contribution in [2.75, 3.05) is 19.8 Å². The Morgan fingerprint density at radius 1 is 1.52 bits per heavy atom. The highest BCUT2D eigenvalue weighted by atomic mass is 35.5. The van der Waals surface area contributed by atoms with Gasteiger partial charge in [-0.3, -0.25) is 9.78 Å². The van der Waals surface area contributed by atoms with Gasteiger partial charge in [0.15, 0.2) is 5.82 Å². The largest absolute Gasteiger partial charge is 0.377 e. The van der Waals surface area contributed by atoms with Crippen molar-refractivity contribution in [3.63, 3.8) is 0 Å². The van der Waals surface area contributed by atoms with Crippen LogP contribution in [0.5, 0.6) is 0 Å². The number of ether oxygens (including phenoxy) is 1. The summed E-state index contributed by atoms with van der Waals surface area (Å²) in [6.45, 7) is 2.93. The van der Waals surface area contributed by atoms with Gasteiger partial charge in [-0.05, 0) is 13.0 Å². The number of morpholine rings is 1. The minimum absolute atomic E-state index is 0.202. The fourth-order valence-corrected chi connectivity index (χ4v) is 2.40. The van der Waals surface area contributed by atoms with Crippen molar-refractivity contribution < 1.29 is 14.1 Å². The Morgan fingerprint density at radius 3 is 3.10 bits per heavy atom. The molecule has 0 N–H and O–H groups in total. The van der Waals surface area contributed by atoms with Crippen LogP contribution in [0.3, 0.4) is 0 Å². The Morgan fingerprint density at radius 2 is 2.38 bits per heavy atom. The molecule has 0 saturated carbocycles. The number of carbonyl (C=O) groups excluding carboxylic acids is 1. The van der Waals surface area contributed by atoms with Gasteiger partial charge in [0, 0.05) is 18.9 Å². The van der Waals surface area contributed by atoms with Crippen molar-refractivity contribution >= 4 is 17.5 Å². The molecule has 3 rings (SSSR count). The van der Waals surface area contributed by atoms with Crippen LogP contribution in [0.15, 0.2) is 23.0 Å². The lowest BCUT2D eigenvalue weighted by atomic mass is 10.1. The summed E-state index contributed by atoms with van der Waals surface area (Å²) in [6.07, 6.45) is 2.98. The highest BCUT2D eigenvalue weighted by Gasteiger charge is 2.33. The average molecular weight is 309 g/mol. The maximum Gasteiger partial charge on any atom is 0.256 e. The highest BCUT2D eigenvalue weighted by Crippen LogP contribution is 2.26. The molecule has 1 unspecified atom stereocenters. The summed E-state index contributed by atoms with van der Waals surface area (Å²) in [5.41, 5.74) is 0.398. The van der Waals surface area contributed by atoms with Crippen LogP contribution in [0.1, 0.15) is 28.1 Å². The van der Waals surface area contributed by atoms with E-state index >= 15 is 0 Å². The number of halogens is 1. The summed E-state index contributed by atoms with van der Waals surface area (Å²) in [7, 11) is 0. The second kappa shape index (κ2) is 5.79. The summed E-state index contributed by atoms with van der Waals surface area (Å²) in [5, 5.41) is 4.07. The highest BCUT2D eigenvalue weighted by molar-refractivity contribution is 6.33. The van der Waals surface area contributed by atoms with E-state index < -0.39 is 6.04 Å². The Labute approximate surface area is 125 Å². The third kappa shape index (κ3) is 2.74. The molecule has 0 radical (unpaired) electrons. The van der Waals surface area contributed by atoms with Crippen LogP contribution >= 0.6 is 11.6 Å². The molecule has 110 valence electrons. The van der Waals surface area contributed by atoms with Gasteiger partial charge in [-0.25, -0.2) is 0 Å². The maximum atomic E-state index is 12.7. The molecule has 3 heterocycles. The monoisotopic (exact) mass is 308 g/mol. The normalized spacial score (nSPS) is 18.8. The summed E-state index contributed by atoms with van der Waals surface area (Å²) >= 11 is 6.04. The maximum absolute atomic E-state index is 12.7. The first-order valence-corrected chi connectivity index (χ1v) is 6.83. The van der Waals surface area contributed by atoms with Gasteiger partial charge in [0.2, 0.25) is 0 Å². The molecule has 0 aliphatic carbocycles. The molecule has 0 spiro atoms. The molecule has 21 heavy (non-hydrogen) atoms. The van der Waals surface area contributed by atoms with Crippen LogP contribution in [0.4, 0.5) is 0 Å². The SMILES string of the molecule is Cc1noc(C2COCCN2C(=O)c2ccncc2Cl)n1. The van der Waals surface area contributed by atoms with Crippen molar-refractivity contribution in [3.05, 3.63) is 40.8 Å². The fraction of sp³-hybridized carbons (Fsp3) is 0.385. The van der Waals surface area contributed by atoms with Crippen molar-refractivity contribution in [1.82, 2.24) is 20.0 Å². The van der Waals surface area contributed by atoms with E-state index in [2.05, 4.69) is 15.1 Å². The first-order chi connectivity index (χ1) is 10.2. The lowest BCUT2D eigenvalue weighted by molar-refractivity contribution is -0.0119. The lowest BCUT2D eigenvalue weighted by Gasteiger charge is -2.33. The topological polar surface area (TPSA) is 81.4 Å². The number of amides is 1. The first kappa shape index (κ1) is 14.0. The first-order valence-electron chi connectivity index (χ1n) is 6.45. The van der Waals surface area contributed by atoms with Crippen LogP contribution in [0.2, 0.25) is 5.02 Å². The summed E-state index contributed by atoms with van der Waals surface area (Å²) in [5.74, 6) is 0.683. The molecular formula is C13H13ClN4O3. The van der Waals surface area contributed by atoms with E-state index in [0.29, 0.717) is 42.1 Å². The lowest BCUT2D eigenvalue weighted by Crippen LogP contribution is -2.43. The molecule has 2 aromatic heterocycles. The Balaban J connectivity index is 1.91. The number of rotatable bonds is 2. The van der Waals surface area contributed by atoms with Crippen LogP contribution in [-0.2, 0) is 4.74 Å². The molecule has 1 aliphatic rings. The Bertz CT molecular complexity index is 660. The van der Waals surface area contributed by atoms with E-state index in [1.807, 2.05) is 0 Å². The molecule has 0 aromatic carbocycles. The Hall–Kier alpha value is -1.99. The molecule has 1 amide bonds. The van der Waals surface area contributed by atoms with Gasteiger partial charge in [-0.2, -0.15) is 4.98 Å². The summed E-state index contributed by atoms with van der Waals surface area (Å²) in [4.78, 5) is 22.4. The smallest absolute Gasteiger partial charge is 0.256 e. The predicted molar refractivity (Wildman–Crippen MR) is 72.9 cm³/mol. The number of nitrogens with zero attached hydrogens (tertiary/aromatic N) is 4. The van der Waals surface area contributed by atoms with Crippen molar-refractivity contribution in [2.24, 2.45) is 0 Å². The molecule has 0 bridgehead atoms. The Kier molecular flexibility index (Phi) is 3.85. The number of aromatic nitrogens is 3. The molecular weight excluding hydrogens is 296 g/mol. The number of hydrogen-bond acceptors (Lipinski definition) is 6. The van der Waals surface area contributed by atoms with Crippen LogP contribution < -0.4 is 0 Å². The minimum Gasteiger partial charge on any atom is -0.377 e. The predicted octanol–water partition coefficient (Wildman–Crippen LogP) is 1.64. The second-order valence-corrected chi connectivity index (χ2v) is 5.03. The molecule has 1 fully saturated rings. The van der Waals surface area contributed by atoms with Gasteiger partial charge >= 0.3 is 0 Å². The van der Waals surface area contributed by atoms with Gasteiger partial charge in [-0.1, -0.05) is 16.8 Å². The van der Waals surface area contributed by atoms with E-state index in [-0.39, 0.29) is 5.91 Å². The van der Waals surface area contributed by atoms with Gasteiger partial charge in [0.25, 0.3) is 11.8 Å². The van der Waals surface area contributed by atoms with E-state index in [1.54, 1.807) is 17.9 Å². The average Bonchev–Trinajstić information content (AvgIpc) is 2.93. The fourth-order valence-electron chi connectivity index (χ4n) is 2.20.